The summed E-state index contributed by atoms with van der Waals surface area (Å²) in [5, 5.41) is 39.8. The Balaban J connectivity index is 1.31. The zero-order chi connectivity index (χ0) is 27.0. The van der Waals surface area contributed by atoms with Gasteiger partial charge in [-0.15, -0.1) is 0 Å². The maximum absolute atomic E-state index is 10.3. The molecule has 0 amide bonds. The number of aliphatic hydroxyl groups is 4. The Morgan fingerprint density at radius 3 is 1.76 bits per heavy atom. The first kappa shape index (κ1) is 26.9. The molecule has 3 fully saturated rings. The lowest BCUT2D eigenvalue weighted by atomic mass is 9.85. The van der Waals surface area contributed by atoms with Crippen LogP contribution < -0.4 is 18.9 Å². The average molecular weight is 535 g/mol. The van der Waals surface area contributed by atoms with Gasteiger partial charge in [0.05, 0.1) is 53.4 Å². The molecule has 3 aliphatic heterocycles. The van der Waals surface area contributed by atoms with Gasteiger partial charge in [-0.3, -0.25) is 0 Å². The number of benzene rings is 2. The van der Waals surface area contributed by atoms with Crippen molar-refractivity contribution >= 4 is 0 Å². The van der Waals surface area contributed by atoms with E-state index in [-0.39, 0.29) is 29.8 Å². The highest BCUT2D eigenvalue weighted by Gasteiger charge is 2.49. The van der Waals surface area contributed by atoms with Crippen molar-refractivity contribution in [3.63, 3.8) is 0 Å². The van der Waals surface area contributed by atoms with Gasteiger partial charge in [0.25, 0.3) is 0 Å². The van der Waals surface area contributed by atoms with Crippen LogP contribution in [0.5, 0.6) is 23.0 Å². The van der Waals surface area contributed by atoms with E-state index in [1.165, 1.54) is 7.11 Å². The number of methoxy groups -OCH3 is 3. The Bertz CT molecular complexity index is 1110. The molecule has 2 aromatic carbocycles. The van der Waals surface area contributed by atoms with Crippen molar-refractivity contribution in [2.24, 2.45) is 11.8 Å². The zero-order valence-corrected chi connectivity index (χ0v) is 21.4. The van der Waals surface area contributed by atoms with Gasteiger partial charge >= 0.3 is 0 Å². The fourth-order valence-electron chi connectivity index (χ4n) is 5.51. The lowest BCUT2D eigenvalue weighted by molar-refractivity contribution is -0.277. The maximum Gasteiger partial charge on any atom is 0.229 e. The lowest BCUT2D eigenvalue weighted by Crippen LogP contribution is -2.60. The number of hydrogen-bond acceptors (Lipinski definition) is 11. The molecule has 0 radical (unpaired) electrons. The Morgan fingerprint density at radius 2 is 1.24 bits per heavy atom. The van der Waals surface area contributed by atoms with Crippen molar-refractivity contribution in [2.75, 3.05) is 41.2 Å². The predicted octanol–water partition coefficient (Wildman–Crippen LogP) is 0.966. The summed E-state index contributed by atoms with van der Waals surface area (Å²) in [6, 6.07) is 11.1. The van der Waals surface area contributed by atoms with E-state index in [2.05, 4.69) is 0 Å². The minimum atomic E-state index is -1.54. The highest BCUT2D eigenvalue weighted by molar-refractivity contribution is 5.45. The smallest absolute Gasteiger partial charge is 0.229 e. The summed E-state index contributed by atoms with van der Waals surface area (Å²) in [6.07, 6.45) is -7.29. The quantitative estimate of drug-likeness (QED) is 0.384. The second-order valence-corrected chi connectivity index (χ2v) is 9.68. The first-order valence-corrected chi connectivity index (χ1v) is 12.5. The van der Waals surface area contributed by atoms with E-state index in [1.807, 2.05) is 24.3 Å². The molecule has 208 valence electrons. The third-order valence-corrected chi connectivity index (χ3v) is 7.61. The molecular formula is C27H34O11. The van der Waals surface area contributed by atoms with Crippen molar-refractivity contribution in [1.82, 2.24) is 0 Å². The van der Waals surface area contributed by atoms with Crippen LogP contribution in [0.15, 0.2) is 36.4 Å². The molecule has 0 aromatic heterocycles. The molecule has 5 rings (SSSR count). The van der Waals surface area contributed by atoms with Crippen molar-refractivity contribution < 1.29 is 53.6 Å². The number of fused-ring (bicyclic) bond motifs is 1. The first-order chi connectivity index (χ1) is 18.4. The number of rotatable bonds is 8. The van der Waals surface area contributed by atoms with Crippen LogP contribution in [0.4, 0.5) is 0 Å². The average Bonchev–Trinajstić information content (AvgIpc) is 3.55. The largest absolute Gasteiger partial charge is 0.493 e. The van der Waals surface area contributed by atoms with Crippen LogP contribution in [-0.4, -0.2) is 92.3 Å². The van der Waals surface area contributed by atoms with E-state index in [0.717, 1.165) is 11.1 Å². The van der Waals surface area contributed by atoms with Crippen LogP contribution in [0.3, 0.4) is 0 Å². The van der Waals surface area contributed by atoms with Crippen LogP contribution in [0.1, 0.15) is 23.3 Å². The number of ether oxygens (including phenoxy) is 7. The van der Waals surface area contributed by atoms with E-state index in [9.17, 15) is 20.4 Å². The van der Waals surface area contributed by atoms with Gasteiger partial charge in [-0.05, 0) is 35.4 Å². The van der Waals surface area contributed by atoms with E-state index in [4.69, 9.17) is 33.2 Å². The Kier molecular flexibility index (Phi) is 7.96. The molecule has 4 N–H and O–H groups in total. The van der Waals surface area contributed by atoms with Gasteiger partial charge in [0.2, 0.25) is 6.29 Å². The monoisotopic (exact) mass is 534 g/mol. The van der Waals surface area contributed by atoms with Gasteiger partial charge in [-0.1, -0.05) is 12.1 Å². The molecule has 3 saturated heterocycles. The van der Waals surface area contributed by atoms with Crippen molar-refractivity contribution in [3.8, 4) is 23.0 Å². The molecule has 3 aliphatic rings. The third kappa shape index (κ3) is 4.79. The van der Waals surface area contributed by atoms with Crippen LogP contribution in [-0.2, 0) is 14.2 Å². The normalized spacial score (nSPS) is 34.6. The van der Waals surface area contributed by atoms with E-state index >= 15 is 0 Å². The van der Waals surface area contributed by atoms with Crippen LogP contribution in [0.25, 0.3) is 0 Å². The fraction of sp³-hybridized carbons (Fsp3) is 0.556. The molecule has 11 heteroatoms. The van der Waals surface area contributed by atoms with Crippen LogP contribution in [0, 0.1) is 11.8 Å². The van der Waals surface area contributed by atoms with Crippen LogP contribution in [0.2, 0.25) is 0 Å². The standard InChI is InChI=1S/C27H34O11/c1-32-17-6-4-13(8-19(17)33-2)25-15-11-36-26(16(15)12-35-25)14-5-7-18(20(9-14)34-3)37-27-24(31)23(30)22(29)21(10-28)38-27/h4-9,15-16,21-31H,10-12H2,1-3H3/t15-,16-,21-,22-,23+,24-,25+,26-,27+/m1/s1. The summed E-state index contributed by atoms with van der Waals surface area (Å²) in [5.41, 5.74) is 1.88. The molecule has 9 atom stereocenters. The fourth-order valence-corrected chi connectivity index (χ4v) is 5.51. The molecule has 11 nitrogen and oxygen atoms in total. The first-order valence-electron chi connectivity index (χ1n) is 12.5. The van der Waals surface area contributed by atoms with E-state index < -0.39 is 37.3 Å². The van der Waals surface area contributed by atoms with Gasteiger partial charge in [0.1, 0.15) is 24.4 Å². The Morgan fingerprint density at radius 1 is 0.711 bits per heavy atom. The second kappa shape index (κ2) is 11.2. The van der Waals surface area contributed by atoms with Gasteiger partial charge < -0.3 is 53.6 Å². The molecule has 0 saturated carbocycles. The summed E-state index contributed by atoms with van der Waals surface area (Å²) >= 11 is 0. The summed E-state index contributed by atoms with van der Waals surface area (Å²) in [7, 11) is 4.69. The number of hydrogen-bond donors (Lipinski definition) is 4. The highest BCUT2D eigenvalue weighted by atomic mass is 16.7. The SMILES string of the molecule is COc1ccc([C@@H]2OC[C@@H]3[C@H]2CO[C@@H]3c2ccc(O[C@H]3O[C@H](CO)[C@@H](O)[C@H](O)[C@H]3O)c(OC)c2)cc1OC. The zero-order valence-electron chi connectivity index (χ0n) is 21.4. The number of aliphatic hydroxyl groups excluding tert-OH is 4. The van der Waals surface area contributed by atoms with E-state index in [0.29, 0.717) is 30.5 Å². The van der Waals surface area contributed by atoms with Crippen molar-refractivity contribution in [3.05, 3.63) is 47.5 Å². The van der Waals surface area contributed by atoms with Gasteiger partial charge in [0.15, 0.2) is 23.0 Å². The Labute approximate surface area is 220 Å². The molecule has 0 spiro atoms. The van der Waals surface area contributed by atoms with Gasteiger partial charge in [-0.2, -0.15) is 0 Å². The predicted molar refractivity (Wildman–Crippen MR) is 131 cm³/mol. The minimum absolute atomic E-state index is 0.120. The lowest BCUT2D eigenvalue weighted by Gasteiger charge is -2.39. The topological polar surface area (TPSA) is 146 Å². The van der Waals surface area contributed by atoms with Crippen molar-refractivity contribution in [2.45, 2.75) is 42.9 Å². The second-order valence-electron chi connectivity index (χ2n) is 9.68. The Hall–Kier alpha value is -2.64. The summed E-state index contributed by atoms with van der Waals surface area (Å²) in [6.45, 7) is 0.508. The summed E-state index contributed by atoms with van der Waals surface area (Å²) in [5.74, 6) is 2.21. The summed E-state index contributed by atoms with van der Waals surface area (Å²) in [4.78, 5) is 0. The third-order valence-electron chi connectivity index (χ3n) is 7.61. The molecule has 3 heterocycles. The molecule has 0 unspecified atom stereocenters. The minimum Gasteiger partial charge on any atom is -0.493 e. The molecule has 2 aromatic rings. The van der Waals surface area contributed by atoms with Gasteiger partial charge in [0, 0.05) is 11.8 Å². The van der Waals surface area contributed by atoms with E-state index in [1.54, 1.807) is 26.4 Å². The highest BCUT2D eigenvalue weighted by Crippen LogP contribution is 2.51. The van der Waals surface area contributed by atoms with Gasteiger partial charge in [-0.25, -0.2) is 0 Å². The molecule has 0 aliphatic carbocycles. The molecule has 38 heavy (non-hydrogen) atoms. The van der Waals surface area contributed by atoms with Crippen LogP contribution >= 0.6 is 0 Å². The summed E-state index contributed by atoms with van der Waals surface area (Å²) < 4.78 is 40.1. The molecular weight excluding hydrogens is 500 g/mol. The van der Waals surface area contributed by atoms with Crippen molar-refractivity contribution in [1.29, 1.82) is 0 Å². The maximum atomic E-state index is 10.3. The molecule has 0 bridgehead atoms.